The Morgan fingerprint density at radius 2 is 2.13 bits per heavy atom. The van der Waals surface area contributed by atoms with Crippen molar-refractivity contribution < 1.29 is 14.5 Å². The Kier molecular flexibility index (Phi) is 6.16. The molecule has 0 aliphatic carbocycles. The molecule has 1 aliphatic heterocycles. The second kappa shape index (κ2) is 8.11. The van der Waals surface area contributed by atoms with Gasteiger partial charge in [-0.3, -0.25) is 9.59 Å². The molecule has 1 unspecified atom stereocenters. The zero-order valence-corrected chi connectivity index (χ0v) is 14.1. The van der Waals surface area contributed by atoms with Gasteiger partial charge in [0.25, 0.3) is 5.91 Å². The summed E-state index contributed by atoms with van der Waals surface area (Å²) in [5, 5.41) is 3.04. The smallest absolute Gasteiger partial charge is 0.279 e. The van der Waals surface area contributed by atoms with Crippen LogP contribution in [0, 0.1) is 5.92 Å². The van der Waals surface area contributed by atoms with Crippen LogP contribution in [0.5, 0.6) is 0 Å². The van der Waals surface area contributed by atoms with Gasteiger partial charge in [-0.05, 0) is 36.8 Å². The van der Waals surface area contributed by atoms with Gasteiger partial charge < -0.3 is 16.0 Å². The van der Waals surface area contributed by atoms with E-state index in [1.807, 2.05) is 18.2 Å². The average molecular weight is 318 g/mol. The normalized spacial score (nSPS) is 22.3. The summed E-state index contributed by atoms with van der Waals surface area (Å²) in [4.78, 5) is 24.8. The Bertz CT molecular complexity index is 559. The van der Waals surface area contributed by atoms with Crippen LogP contribution in [0.3, 0.4) is 0 Å². The summed E-state index contributed by atoms with van der Waals surface area (Å²) in [6.45, 7) is 6.28. The van der Waals surface area contributed by atoms with Gasteiger partial charge in [-0.25, -0.2) is 0 Å². The highest BCUT2D eigenvalue weighted by Crippen LogP contribution is 2.26. The zero-order chi connectivity index (χ0) is 16.8. The lowest BCUT2D eigenvalue weighted by atomic mass is 9.96. The fourth-order valence-corrected chi connectivity index (χ4v) is 3.24. The first kappa shape index (κ1) is 17.5. The quantitative estimate of drug-likeness (QED) is 0.729. The number of hydrogen-bond donors (Lipinski definition) is 3. The average Bonchev–Trinajstić information content (AvgIpc) is 2.54. The fraction of sp³-hybridized carbons (Fsp3) is 0.556. The first-order chi connectivity index (χ1) is 11.0. The van der Waals surface area contributed by atoms with Gasteiger partial charge in [0.05, 0.1) is 19.0 Å². The summed E-state index contributed by atoms with van der Waals surface area (Å²) < 4.78 is 0. The molecule has 23 heavy (non-hydrogen) atoms. The minimum absolute atomic E-state index is 0.000809. The van der Waals surface area contributed by atoms with Crippen molar-refractivity contribution in [3.05, 3.63) is 29.8 Å². The second-order valence-corrected chi connectivity index (χ2v) is 6.57. The molecule has 126 valence electrons. The van der Waals surface area contributed by atoms with Gasteiger partial charge in [-0.15, -0.1) is 0 Å². The molecule has 0 aromatic heterocycles. The van der Waals surface area contributed by atoms with E-state index in [1.165, 1.54) is 5.56 Å². The first-order valence-electron chi connectivity index (χ1n) is 8.53. The number of para-hydroxylation sites is 1. The van der Waals surface area contributed by atoms with Crippen LogP contribution in [0.1, 0.15) is 44.6 Å². The number of hydrogen-bond acceptors (Lipinski definition) is 2. The molecule has 5 heteroatoms. The molecule has 5 nitrogen and oxygen atoms in total. The minimum atomic E-state index is -0.246. The molecule has 0 radical (unpaired) electrons. The number of carbonyl (C=O) groups is 2. The SMILES string of the molecule is CC[C@@H](C)c1ccccc1NC(=O)C[NH+]1CCC[C@H](C(N)=O)C1. The number of nitrogens with one attached hydrogen (secondary N) is 2. The van der Waals surface area contributed by atoms with Crippen LogP contribution in [0.25, 0.3) is 0 Å². The Hall–Kier alpha value is -1.88. The summed E-state index contributed by atoms with van der Waals surface area (Å²) >= 11 is 0. The Morgan fingerprint density at radius 1 is 1.39 bits per heavy atom. The monoisotopic (exact) mass is 318 g/mol. The van der Waals surface area contributed by atoms with Crippen molar-refractivity contribution in [1.29, 1.82) is 0 Å². The number of likely N-dealkylation sites (tertiary alicyclic amines) is 1. The van der Waals surface area contributed by atoms with Gasteiger partial charge in [0.1, 0.15) is 0 Å². The molecule has 2 rings (SSSR count). The highest BCUT2D eigenvalue weighted by molar-refractivity contribution is 5.92. The maximum Gasteiger partial charge on any atom is 0.279 e. The standard InChI is InChI=1S/C18H27N3O2/c1-3-13(2)15-8-4-5-9-16(15)20-17(22)12-21-10-6-7-14(11-21)18(19)23/h4-5,8-9,13-14H,3,6-7,10-12H2,1-2H3,(H2,19,23)(H,20,22)/p+1/t13-,14+/m1/s1. The Balaban J connectivity index is 1.96. The maximum absolute atomic E-state index is 12.4. The molecule has 1 fully saturated rings. The number of piperidine rings is 1. The molecule has 1 aromatic rings. The zero-order valence-electron chi connectivity index (χ0n) is 14.1. The summed E-state index contributed by atoms with van der Waals surface area (Å²) in [6.07, 6.45) is 2.82. The highest BCUT2D eigenvalue weighted by atomic mass is 16.2. The molecule has 1 aromatic carbocycles. The number of carbonyl (C=O) groups excluding carboxylic acids is 2. The lowest BCUT2D eigenvalue weighted by Crippen LogP contribution is -3.14. The van der Waals surface area contributed by atoms with Gasteiger partial charge in [-0.2, -0.15) is 0 Å². The van der Waals surface area contributed by atoms with E-state index in [2.05, 4.69) is 25.2 Å². The summed E-state index contributed by atoms with van der Waals surface area (Å²) in [5.74, 6) is 0.0672. The number of nitrogens with two attached hydrogens (primary N) is 1. The molecule has 1 heterocycles. The third kappa shape index (κ3) is 4.79. The van der Waals surface area contributed by atoms with Crippen molar-refractivity contribution in [3.63, 3.8) is 0 Å². The Morgan fingerprint density at radius 3 is 2.83 bits per heavy atom. The molecular formula is C18H28N3O2+. The van der Waals surface area contributed by atoms with Crippen molar-refractivity contribution in [2.75, 3.05) is 25.0 Å². The molecule has 0 saturated carbocycles. The highest BCUT2D eigenvalue weighted by Gasteiger charge is 2.28. The van der Waals surface area contributed by atoms with E-state index in [0.29, 0.717) is 19.0 Å². The van der Waals surface area contributed by atoms with Gasteiger partial charge in [0.2, 0.25) is 5.91 Å². The van der Waals surface area contributed by atoms with Crippen LogP contribution < -0.4 is 16.0 Å². The number of anilines is 1. The molecule has 1 saturated heterocycles. The molecule has 4 N–H and O–H groups in total. The maximum atomic E-state index is 12.4. The van der Waals surface area contributed by atoms with Crippen LogP contribution in [0.15, 0.2) is 24.3 Å². The number of quaternary nitrogens is 1. The van der Waals surface area contributed by atoms with E-state index in [4.69, 9.17) is 5.73 Å². The number of rotatable bonds is 6. The van der Waals surface area contributed by atoms with Crippen LogP contribution >= 0.6 is 0 Å². The van der Waals surface area contributed by atoms with E-state index in [0.717, 1.165) is 36.4 Å². The van der Waals surface area contributed by atoms with E-state index < -0.39 is 0 Å². The van der Waals surface area contributed by atoms with Gasteiger partial charge in [0.15, 0.2) is 6.54 Å². The van der Waals surface area contributed by atoms with Crippen LogP contribution in [0.2, 0.25) is 0 Å². The van der Waals surface area contributed by atoms with Crippen molar-refractivity contribution in [3.8, 4) is 0 Å². The molecule has 0 bridgehead atoms. The van der Waals surface area contributed by atoms with Crippen LogP contribution in [-0.2, 0) is 9.59 Å². The number of amides is 2. The van der Waals surface area contributed by atoms with Crippen molar-refractivity contribution in [2.45, 2.75) is 39.0 Å². The van der Waals surface area contributed by atoms with Crippen molar-refractivity contribution in [2.24, 2.45) is 11.7 Å². The summed E-state index contributed by atoms with van der Waals surface area (Å²) in [6, 6.07) is 7.97. The van der Waals surface area contributed by atoms with Gasteiger partial charge >= 0.3 is 0 Å². The van der Waals surface area contributed by atoms with Crippen molar-refractivity contribution >= 4 is 17.5 Å². The number of benzene rings is 1. The van der Waals surface area contributed by atoms with E-state index >= 15 is 0 Å². The van der Waals surface area contributed by atoms with Crippen LogP contribution in [-0.4, -0.2) is 31.4 Å². The number of primary amides is 1. The summed E-state index contributed by atoms with van der Waals surface area (Å²) in [5.41, 5.74) is 7.47. The molecule has 3 atom stereocenters. The van der Waals surface area contributed by atoms with E-state index in [9.17, 15) is 9.59 Å². The molecular weight excluding hydrogens is 290 g/mol. The lowest BCUT2D eigenvalue weighted by molar-refractivity contribution is -0.899. The predicted molar refractivity (Wildman–Crippen MR) is 91.3 cm³/mol. The fourth-order valence-electron chi connectivity index (χ4n) is 3.24. The van der Waals surface area contributed by atoms with Gasteiger partial charge in [-0.1, -0.05) is 32.0 Å². The molecule has 0 spiro atoms. The second-order valence-electron chi connectivity index (χ2n) is 6.57. The van der Waals surface area contributed by atoms with Gasteiger partial charge in [0, 0.05) is 5.69 Å². The lowest BCUT2D eigenvalue weighted by Gasteiger charge is -2.27. The van der Waals surface area contributed by atoms with E-state index in [1.54, 1.807) is 0 Å². The first-order valence-corrected chi connectivity index (χ1v) is 8.53. The third-order valence-corrected chi connectivity index (χ3v) is 4.81. The van der Waals surface area contributed by atoms with E-state index in [-0.39, 0.29) is 17.7 Å². The minimum Gasteiger partial charge on any atom is -0.369 e. The topological polar surface area (TPSA) is 76.6 Å². The predicted octanol–water partition coefficient (Wildman–Crippen LogP) is 0.919. The Labute approximate surface area is 138 Å². The molecule has 1 aliphatic rings. The van der Waals surface area contributed by atoms with Crippen molar-refractivity contribution in [1.82, 2.24) is 0 Å². The molecule has 2 amide bonds. The largest absolute Gasteiger partial charge is 0.369 e. The van der Waals surface area contributed by atoms with Crippen LogP contribution in [0.4, 0.5) is 5.69 Å². The summed E-state index contributed by atoms with van der Waals surface area (Å²) in [7, 11) is 0. The third-order valence-electron chi connectivity index (χ3n) is 4.81.